The number of aromatic amines is 1. The smallest absolute Gasteiger partial charge is 0.368 e. The summed E-state index contributed by atoms with van der Waals surface area (Å²) in [5.74, 6) is 0.359. The highest BCUT2D eigenvalue weighted by atomic mass is 79.9. The fourth-order valence-electron chi connectivity index (χ4n) is 1.85. The zero-order valence-corrected chi connectivity index (χ0v) is 13.7. The van der Waals surface area contributed by atoms with E-state index in [9.17, 15) is 4.79 Å². The number of tetrazole rings is 1. The summed E-state index contributed by atoms with van der Waals surface area (Å²) >= 11 is 9.20. The maximum absolute atomic E-state index is 12.0. The summed E-state index contributed by atoms with van der Waals surface area (Å²) in [6.45, 7) is 0.182. The molecule has 8 nitrogen and oxygen atoms in total. The van der Waals surface area contributed by atoms with Crippen LogP contribution in [0, 0.1) is 0 Å². The summed E-state index contributed by atoms with van der Waals surface area (Å²) in [7, 11) is 1.53. The fraction of sp³-hybridized carbons (Fsp3) is 0.167. The van der Waals surface area contributed by atoms with Crippen molar-refractivity contribution in [3.05, 3.63) is 49.9 Å². The Kier molecular flexibility index (Phi) is 3.99. The second kappa shape index (κ2) is 5.93. The maximum atomic E-state index is 12.0. The van der Waals surface area contributed by atoms with Gasteiger partial charge in [0.05, 0.1) is 5.69 Å². The molecule has 0 fully saturated rings. The predicted molar refractivity (Wildman–Crippen MR) is 82.2 cm³/mol. The summed E-state index contributed by atoms with van der Waals surface area (Å²) in [4.78, 5) is 12.0. The molecule has 0 amide bonds. The van der Waals surface area contributed by atoms with Crippen LogP contribution >= 0.6 is 27.5 Å². The third-order valence-electron chi connectivity index (χ3n) is 2.93. The van der Waals surface area contributed by atoms with Crippen LogP contribution in [0.3, 0.4) is 0 Å². The number of ether oxygens (including phenoxy) is 1. The average molecular weight is 386 g/mol. The van der Waals surface area contributed by atoms with E-state index in [1.807, 2.05) is 6.07 Å². The van der Waals surface area contributed by atoms with E-state index in [0.717, 1.165) is 14.7 Å². The Hall–Kier alpha value is -2.13. The number of aryl methyl sites for hydroxylation is 1. The van der Waals surface area contributed by atoms with Crippen LogP contribution < -0.4 is 10.4 Å². The molecule has 0 atom stereocenters. The van der Waals surface area contributed by atoms with Crippen LogP contribution in [0.4, 0.5) is 0 Å². The number of benzene rings is 1. The molecule has 22 heavy (non-hydrogen) atoms. The number of hydrogen-bond donors (Lipinski definition) is 1. The van der Waals surface area contributed by atoms with Gasteiger partial charge in [0.2, 0.25) is 5.88 Å². The summed E-state index contributed by atoms with van der Waals surface area (Å²) in [5.41, 5.74) is 0.973. The van der Waals surface area contributed by atoms with Crippen molar-refractivity contribution >= 4 is 27.5 Å². The zero-order chi connectivity index (χ0) is 15.7. The van der Waals surface area contributed by atoms with E-state index in [2.05, 4.69) is 36.6 Å². The normalized spacial score (nSPS) is 10.9. The number of hydrogen-bond acceptors (Lipinski definition) is 5. The third-order valence-corrected chi connectivity index (χ3v) is 3.87. The van der Waals surface area contributed by atoms with Crippen LogP contribution in [0.5, 0.6) is 5.88 Å². The second-order valence-electron chi connectivity index (χ2n) is 4.38. The predicted octanol–water partition coefficient (Wildman–Crippen LogP) is 1.68. The largest absolute Gasteiger partial charge is 0.472 e. The maximum Gasteiger partial charge on any atom is 0.368 e. The zero-order valence-electron chi connectivity index (χ0n) is 11.3. The minimum Gasteiger partial charge on any atom is -0.472 e. The van der Waals surface area contributed by atoms with Crippen LogP contribution in [0.15, 0.2) is 33.5 Å². The molecule has 0 aliphatic heterocycles. The molecular formula is C12H10BrClN6O2. The van der Waals surface area contributed by atoms with Crippen molar-refractivity contribution in [2.75, 3.05) is 0 Å². The van der Waals surface area contributed by atoms with Gasteiger partial charge in [-0.25, -0.2) is 4.79 Å². The molecule has 0 spiro atoms. The molecule has 0 saturated carbocycles. The van der Waals surface area contributed by atoms with Crippen LogP contribution in [0.25, 0.3) is 5.69 Å². The highest BCUT2D eigenvalue weighted by Gasteiger charge is 2.14. The molecule has 2 heterocycles. The van der Waals surface area contributed by atoms with E-state index in [-0.39, 0.29) is 12.3 Å². The molecule has 3 rings (SSSR count). The average Bonchev–Trinajstić information content (AvgIpc) is 3.05. The Morgan fingerprint density at radius 2 is 2.23 bits per heavy atom. The molecule has 0 bridgehead atoms. The third kappa shape index (κ3) is 2.77. The fourth-order valence-corrected chi connectivity index (χ4v) is 2.46. The van der Waals surface area contributed by atoms with E-state index < -0.39 is 0 Å². The van der Waals surface area contributed by atoms with Crippen molar-refractivity contribution in [1.82, 2.24) is 30.0 Å². The Labute approximate surface area is 137 Å². The highest BCUT2D eigenvalue weighted by molar-refractivity contribution is 9.10. The molecular weight excluding hydrogens is 376 g/mol. The molecule has 0 unspecified atom stereocenters. The van der Waals surface area contributed by atoms with Crippen LogP contribution in [-0.4, -0.2) is 30.0 Å². The molecule has 114 valence electrons. The molecule has 0 aliphatic rings. The Morgan fingerprint density at radius 1 is 1.41 bits per heavy atom. The van der Waals surface area contributed by atoms with Gasteiger partial charge >= 0.3 is 5.69 Å². The van der Waals surface area contributed by atoms with Gasteiger partial charge in [0, 0.05) is 23.2 Å². The molecule has 10 heteroatoms. The van der Waals surface area contributed by atoms with Crippen molar-refractivity contribution in [1.29, 1.82) is 0 Å². The Balaban J connectivity index is 1.96. The first-order valence-corrected chi connectivity index (χ1v) is 7.34. The summed E-state index contributed by atoms with van der Waals surface area (Å²) in [5, 5.41) is 14.4. The summed E-state index contributed by atoms with van der Waals surface area (Å²) < 4.78 is 8.72. The molecule has 2 aromatic heterocycles. The van der Waals surface area contributed by atoms with Gasteiger partial charge in [-0.15, -0.1) is 5.10 Å². The number of nitrogens with zero attached hydrogens (tertiary/aromatic N) is 5. The summed E-state index contributed by atoms with van der Waals surface area (Å²) in [6.07, 6.45) is 0. The summed E-state index contributed by atoms with van der Waals surface area (Å²) in [6, 6.07) is 6.97. The van der Waals surface area contributed by atoms with Crippen LogP contribution in [0.1, 0.15) is 5.56 Å². The Bertz CT molecular complexity index is 871. The first-order valence-electron chi connectivity index (χ1n) is 6.17. The first kappa shape index (κ1) is 14.8. The van der Waals surface area contributed by atoms with Crippen molar-refractivity contribution in [3.8, 4) is 11.6 Å². The van der Waals surface area contributed by atoms with Crippen molar-refractivity contribution < 1.29 is 4.74 Å². The van der Waals surface area contributed by atoms with Gasteiger partial charge in [0.25, 0.3) is 0 Å². The minimum atomic E-state index is -0.345. The van der Waals surface area contributed by atoms with Gasteiger partial charge in [-0.05, 0) is 22.6 Å². The van der Waals surface area contributed by atoms with Crippen LogP contribution in [0.2, 0.25) is 5.15 Å². The van der Waals surface area contributed by atoms with Crippen molar-refractivity contribution in [3.63, 3.8) is 0 Å². The monoisotopic (exact) mass is 384 g/mol. The molecule has 0 radical (unpaired) electrons. The lowest BCUT2D eigenvalue weighted by atomic mass is 10.2. The lowest BCUT2D eigenvalue weighted by Gasteiger charge is -2.10. The molecule has 3 aromatic rings. The van der Waals surface area contributed by atoms with Gasteiger partial charge < -0.3 is 4.74 Å². The van der Waals surface area contributed by atoms with E-state index >= 15 is 0 Å². The van der Waals surface area contributed by atoms with E-state index in [1.165, 1.54) is 11.7 Å². The van der Waals surface area contributed by atoms with E-state index in [4.69, 9.17) is 16.3 Å². The van der Waals surface area contributed by atoms with Gasteiger partial charge in [-0.1, -0.05) is 33.6 Å². The quantitative estimate of drug-likeness (QED) is 0.738. The molecule has 1 N–H and O–H groups in total. The number of aromatic nitrogens is 6. The van der Waals surface area contributed by atoms with Gasteiger partial charge in [-0.3, -0.25) is 5.10 Å². The molecule has 0 saturated heterocycles. The lowest BCUT2D eigenvalue weighted by molar-refractivity contribution is 0.292. The van der Waals surface area contributed by atoms with Gasteiger partial charge in [-0.2, -0.15) is 9.36 Å². The number of rotatable bonds is 4. The highest BCUT2D eigenvalue weighted by Crippen LogP contribution is 2.24. The number of halogens is 2. The lowest BCUT2D eigenvalue weighted by Crippen LogP contribution is -2.23. The first-order chi connectivity index (χ1) is 10.6. The van der Waals surface area contributed by atoms with Crippen molar-refractivity contribution in [2.24, 2.45) is 7.05 Å². The molecule has 1 aromatic carbocycles. The standard InChI is InChI=1S/C12H10BrClN6O2/c1-19-12(21)20(18-17-19)9-4-2-3-8(13)7(9)6-22-11-5-10(14)15-16-11/h2-5H,6H2,1H3,(H,15,16). The van der Waals surface area contributed by atoms with Gasteiger partial charge in [0.15, 0.2) is 0 Å². The topological polar surface area (TPSA) is 90.6 Å². The number of nitrogens with one attached hydrogen (secondary N) is 1. The molecule has 0 aliphatic carbocycles. The van der Waals surface area contributed by atoms with Crippen LogP contribution in [-0.2, 0) is 13.7 Å². The second-order valence-corrected chi connectivity index (χ2v) is 5.64. The minimum absolute atomic E-state index is 0.182. The van der Waals surface area contributed by atoms with Gasteiger partial charge in [0.1, 0.15) is 11.8 Å². The number of H-pyrrole nitrogens is 1. The van der Waals surface area contributed by atoms with E-state index in [1.54, 1.807) is 18.2 Å². The Morgan fingerprint density at radius 3 is 2.86 bits per heavy atom. The SMILES string of the molecule is Cn1nnn(-c2cccc(Br)c2COc2cc(Cl)[nH]n2)c1=O. The van der Waals surface area contributed by atoms with Crippen molar-refractivity contribution in [2.45, 2.75) is 6.61 Å². The van der Waals surface area contributed by atoms with E-state index in [0.29, 0.717) is 16.7 Å².